The highest BCUT2D eigenvalue weighted by atomic mass is 32.2. The molecule has 0 radical (unpaired) electrons. The van der Waals surface area contributed by atoms with E-state index in [4.69, 9.17) is 0 Å². The van der Waals surface area contributed by atoms with Gasteiger partial charge in [-0.15, -0.1) is 0 Å². The monoisotopic (exact) mass is 293 g/mol. The fraction of sp³-hybridized carbons (Fsp3) is 1.00. The van der Waals surface area contributed by atoms with Gasteiger partial charge >= 0.3 is 0 Å². The third-order valence-corrected chi connectivity index (χ3v) is 6.54. The van der Waals surface area contributed by atoms with Gasteiger partial charge in [-0.25, -0.2) is 0 Å². The van der Waals surface area contributed by atoms with Crippen LogP contribution in [-0.4, -0.2) is 68.3 Å². The van der Waals surface area contributed by atoms with Crippen molar-refractivity contribution in [1.82, 2.24) is 13.9 Å². The lowest BCUT2D eigenvalue weighted by Gasteiger charge is -2.36. The van der Waals surface area contributed by atoms with Gasteiger partial charge in [0, 0.05) is 37.7 Å². The van der Waals surface area contributed by atoms with Crippen molar-refractivity contribution in [1.29, 1.82) is 0 Å². The minimum Gasteiger partial charge on any atom is -0.319 e. The smallest absolute Gasteiger partial charge is 0.282 e. The van der Waals surface area contributed by atoms with Gasteiger partial charge in [0.05, 0.1) is 0 Å². The Morgan fingerprint density at radius 2 is 1.94 bits per heavy atom. The van der Waals surface area contributed by atoms with Gasteiger partial charge in [-0.2, -0.15) is 28.8 Å². The zero-order valence-corrected chi connectivity index (χ0v) is 12.6. The van der Waals surface area contributed by atoms with Crippen LogP contribution >= 0.6 is 11.8 Å². The summed E-state index contributed by atoms with van der Waals surface area (Å²) in [4.78, 5) is 0. The zero-order chi connectivity index (χ0) is 13.0. The highest BCUT2D eigenvalue weighted by Crippen LogP contribution is 2.22. The van der Waals surface area contributed by atoms with E-state index in [9.17, 15) is 8.42 Å². The van der Waals surface area contributed by atoms with Crippen LogP contribution in [-0.2, 0) is 10.2 Å². The van der Waals surface area contributed by atoms with Crippen LogP contribution in [0.5, 0.6) is 0 Å². The first-order valence-electron chi connectivity index (χ1n) is 6.62. The molecule has 18 heavy (non-hydrogen) atoms. The average molecular weight is 293 g/mol. The van der Waals surface area contributed by atoms with E-state index in [1.54, 1.807) is 8.61 Å². The molecule has 0 aromatic carbocycles. The van der Waals surface area contributed by atoms with Gasteiger partial charge in [0.2, 0.25) is 0 Å². The van der Waals surface area contributed by atoms with Crippen molar-refractivity contribution >= 4 is 22.0 Å². The molecule has 0 aliphatic carbocycles. The van der Waals surface area contributed by atoms with Crippen LogP contribution in [0.4, 0.5) is 0 Å². The molecular weight excluding hydrogens is 270 g/mol. The van der Waals surface area contributed by atoms with Crippen molar-refractivity contribution in [2.45, 2.75) is 12.8 Å². The van der Waals surface area contributed by atoms with Gasteiger partial charge in [0.1, 0.15) is 0 Å². The van der Waals surface area contributed by atoms with Crippen LogP contribution in [0.1, 0.15) is 12.8 Å². The molecule has 0 spiro atoms. The van der Waals surface area contributed by atoms with Crippen molar-refractivity contribution in [2.24, 2.45) is 5.92 Å². The predicted octanol–water partition coefficient (Wildman–Crippen LogP) is 0.211. The average Bonchev–Trinajstić information content (AvgIpc) is 2.40. The second kappa shape index (κ2) is 6.56. The van der Waals surface area contributed by atoms with Crippen LogP contribution in [0.2, 0.25) is 0 Å². The second-order valence-corrected chi connectivity index (χ2v) is 8.10. The van der Waals surface area contributed by atoms with Crippen molar-refractivity contribution in [3.05, 3.63) is 0 Å². The molecule has 0 aromatic rings. The van der Waals surface area contributed by atoms with Gasteiger partial charge in [-0.3, -0.25) is 0 Å². The molecule has 5 nitrogen and oxygen atoms in total. The molecular formula is C11H23N3O2S2. The SMILES string of the molecule is CNCC1CCCN(S(=O)(=O)N2CCSCC2)C1. The van der Waals surface area contributed by atoms with Gasteiger partial charge in [0.25, 0.3) is 10.2 Å². The summed E-state index contributed by atoms with van der Waals surface area (Å²) in [6.07, 6.45) is 2.11. The van der Waals surface area contributed by atoms with Gasteiger partial charge in [-0.05, 0) is 32.4 Å². The van der Waals surface area contributed by atoms with Crippen molar-refractivity contribution in [2.75, 3.05) is 51.3 Å². The molecule has 1 N–H and O–H groups in total. The molecule has 1 atom stereocenters. The number of piperidine rings is 1. The molecule has 2 rings (SSSR count). The lowest BCUT2D eigenvalue weighted by atomic mass is 10.00. The van der Waals surface area contributed by atoms with E-state index in [0.29, 0.717) is 32.1 Å². The summed E-state index contributed by atoms with van der Waals surface area (Å²) in [7, 11) is -1.28. The Balaban J connectivity index is 1.99. The summed E-state index contributed by atoms with van der Waals surface area (Å²) < 4.78 is 28.4. The standard InChI is InChI=1S/C11H23N3O2S2/c1-12-9-11-3-2-4-14(10-11)18(15,16)13-5-7-17-8-6-13/h11-12H,2-10H2,1H3. The number of hydrogen-bond donors (Lipinski definition) is 1. The maximum atomic E-state index is 12.5. The van der Waals surface area contributed by atoms with E-state index < -0.39 is 10.2 Å². The van der Waals surface area contributed by atoms with Crippen molar-refractivity contribution in [3.63, 3.8) is 0 Å². The van der Waals surface area contributed by atoms with Crippen LogP contribution in [0.25, 0.3) is 0 Å². The molecule has 0 amide bonds. The quantitative estimate of drug-likeness (QED) is 0.805. The summed E-state index contributed by atoms with van der Waals surface area (Å²) in [5.74, 6) is 2.30. The Bertz CT molecular complexity index is 353. The Hall–Kier alpha value is 0.180. The summed E-state index contributed by atoms with van der Waals surface area (Å²) >= 11 is 1.84. The lowest BCUT2D eigenvalue weighted by molar-refractivity contribution is 0.246. The van der Waals surface area contributed by atoms with E-state index >= 15 is 0 Å². The number of nitrogens with zero attached hydrogens (tertiary/aromatic N) is 2. The van der Waals surface area contributed by atoms with E-state index in [-0.39, 0.29) is 0 Å². The fourth-order valence-electron chi connectivity index (χ4n) is 2.63. The molecule has 106 valence electrons. The predicted molar refractivity (Wildman–Crippen MR) is 76.0 cm³/mol. The highest BCUT2D eigenvalue weighted by molar-refractivity contribution is 7.99. The Morgan fingerprint density at radius 1 is 1.22 bits per heavy atom. The molecule has 1 unspecified atom stereocenters. The molecule has 2 aliphatic heterocycles. The van der Waals surface area contributed by atoms with E-state index in [2.05, 4.69) is 5.32 Å². The Labute approximate surface area is 114 Å². The van der Waals surface area contributed by atoms with Gasteiger partial charge in [-0.1, -0.05) is 0 Å². The Kier molecular flexibility index (Phi) is 5.32. The van der Waals surface area contributed by atoms with Crippen molar-refractivity contribution in [3.8, 4) is 0 Å². The molecule has 2 heterocycles. The number of thioether (sulfide) groups is 1. The normalized spacial score (nSPS) is 28.4. The van der Waals surface area contributed by atoms with Crippen molar-refractivity contribution < 1.29 is 8.42 Å². The van der Waals surface area contributed by atoms with E-state index in [1.165, 1.54) is 0 Å². The molecule has 0 saturated carbocycles. The van der Waals surface area contributed by atoms with E-state index in [0.717, 1.165) is 30.9 Å². The topological polar surface area (TPSA) is 52.7 Å². The minimum atomic E-state index is -3.21. The van der Waals surface area contributed by atoms with E-state index in [1.807, 2.05) is 18.8 Å². The highest BCUT2D eigenvalue weighted by Gasteiger charge is 2.33. The number of rotatable bonds is 4. The maximum absolute atomic E-state index is 12.5. The molecule has 0 aromatic heterocycles. The molecule has 2 saturated heterocycles. The summed E-state index contributed by atoms with van der Waals surface area (Å²) in [5.41, 5.74) is 0. The van der Waals surface area contributed by atoms with Crippen LogP contribution < -0.4 is 5.32 Å². The maximum Gasteiger partial charge on any atom is 0.282 e. The van der Waals surface area contributed by atoms with Crippen LogP contribution in [0, 0.1) is 5.92 Å². The first-order valence-corrected chi connectivity index (χ1v) is 9.17. The minimum absolute atomic E-state index is 0.456. The molecule has 2 fully saturated rings. The molecule has 2 aliphatic rings. The first kappa shape index (κ1) is 14.6. The fourth-order valence-corrected chi connectivity index (χ4v) is 5.50. The Morgan fingerprint density at radius 3 is 2.61 bits per heavy atom. The third kappa shape index (κ3) is 3.39. The summed E-state index contributed by atoms with van der Waals surface area (Å²) in [5, 5.41) is 3.15. The second-order valence-electron chi connectivity index (χ2n) is 4.94. The first-order chi connectivity index (χ1) is 8.64. The number of nitrogens with one attached hydrogen (secondary N) is 1. The molecule has 7 heteroatoms. The largest absolute Gasteiger partial charge is 0.319 e. The third-order valence-electron chi connectivity index (χ3n) is 3.60. The van der Waals surface area contributed by atoms with Crippen LogP contribution in [0.15, 0.2) is 0 Å². The van der Waals surface area contributed by atoms with Gasteiger partial charge < -0.3 is 5.32 Å². The number of hydrogen-bond acceptors (Lipinski definition) is 4. The van der Waals surface area contributed by atoms with Crippen LogP contribution in [0.3, 0.4) is 0 Å². The zero-order valence-electron chi connectivity index (χ0n) is 11.0. The molecule has 0 bridgehead atoms. The summed E-state index contributed by atoms with van der Waals surface area (Å²) in [6, 6.07) is 0. The summed E-state index contributed by atoms with van der Waals surface area (Å²) in [6.45, 7) is 3.60. The van der Waals surface area contributed by atoms with Gasteiger partial charge in [0.15, 0.2) is 0 Å². The lowest BCUT2D eigenvalue weighted by Crippen LogP contribution is -2.51.